The SMILES string of the molecule is CC(C)CN(CC(C)C)C(=O)C(=O)c1cn(CC(=O)N2CCCC2)c2ccccc12. The van der Waals surface area contributed by atoms with Gasteiger partial charge in [0.05, 0.1) is 5.56 Å². The summed E-state index contributed by atoms with van der Waals surface area (Å²) in [7, 11) is 0. The molecule has 1 aromatic heterocycles. The standard InChI is InChI=1S/C24H33N3O3/c1-17(2)13-27(14-18(3)4)24(30)23(29)20-15-26(21-10-6-5-9-19(20)21)16-22(28)25-11-7-8-12-25/h5-6,9-10,15,17-18H,7-8,11-14,16H2,1-4H3. The van der Waals surface area contributed by atoms with Gasteiger partial charge in [0, 0.05) is 43.3 Å². The highest BCUT2D eigenvalue weighted by atomic mass is 16.2. The Morgan fingerprint density at radius 3 is 2.17 bits per heavy atom. The van der Waals surface area contributed by atoms with Gasteiger partial charge in [0.25, 0.3) is 11.7 Å². The summed E-state index contributed by atoms with van der Waals surface area (Å²) in [6.07, 6.45) is 3.76. The van der Waals surface area contributed by atoms with E-state index in [9.17, 15) is 14.4 Å². The Morgan fingerprint density at radius 2 is 1.57 bits per heavy atom. The normalized spacial score (nSPS) is 14.1. The summed E-state index contributed by atoms with van der Waals surface area (Å²) < 4.78 is 1.81. The number of para-hydroxylation sites is 1. The lowest BCUT2D eigenvalue weighted by Crippen LogP contribution is -2.41. The van der Waals surface area contributed by atoms with Crippen LogP contribution in [0.5, 0.6) is 0 Å². The highest BCUT2D eigenvalue weighted by Crippen LogP contribution is 2.23. The highest BCUT2D eigenvalue weighted by Gasteiger charge is 2.28. The van der Waals surface area contributed by atoms with Crippen molar-refractivity contribution in [1.82, 2.24) is 14.4 Å². The summed E-state index contributed by atoms with van der Waals surface area (Å²) in [5, 5.41) is 0.721. The summed E-state index contributed by atoms with van der Waals surface area (Å²) in [4.78, 5) is 42.5. The third-order valence-electron chi connectivity index (χ3n) is 5.45. The molecule has 1 aromatic carbocycles. The summed E-state index contributed by atoms with van der Waals surface area (Å²) in [6, 6.07) is 7.49. The smallest absolute Gasteiger partial charge is 0.295 e. The van der Waals surface area contributed by atoms with Gasteiger partial charge in [-0.2, -0.15) is 0 Å². The molecule has 1 fully saturated rings. The monoisotopic (exact) mass is 411 g/mol. The molecule has 1 aliphatic rings. The first-order valence-electron chi connectivity index (χ1n) is 11.0. The second-order valence-corrected chi connectivity index (χ2v) is 9.10. The molecular formula is C24H33N3O3. The molecule has 1 saturated heterocycles. The van der Waals surface area contributed by atoms with Crippen molar-refractivity contribution in [3.05, 3.63) is 36.0 Å². The first-order chi connectivity index (χ1) is 14.3. The van der Waals surface area contributed by atoms with Crippen LogP contribution in [0.4, 0.5) is 0 Å². The van der Waals surface area contributed by atoms with Crippen LogP contribution in [0.1, 0.15) is 50.9 Å². The van der Waals surface area contributed by atoms with Crippen molar-refractivity contribution in [2.45, 2.75) is 47.1 Å². The van der Waals surface area contributed by atoms with E-state index in [1.165, 1.54) is 0 Å². The van der Waals surface area contributed by atoms with Crippen molar-refractivity contribution in [3.63, 3.8) is 0 Å². The third kappa shape index (κ3) is 4.91. The Kier molecular flexibility index (Phi) is 6.95. The van der Waals surface area contributed by atoms with E-state index < -0.39 is 11.7 Å². The van der Waals surface area contributed by atoms with Crippen molar-refractivity contribution < 1.29 is 14.4 Å². The summed E-state index contributed by atoms with van der Waals surface area (Å²) in [5.41, 5.74) is 1.18. The van der Waals surface area contributed by atoms with Crippen molar-refractivity contribution in [2.75, 3.05) is 26.2 Å². The van der Waals surface area contributed by atoms with Crippen molar-refractivity contribution in [3.8, 4) is 0 Å². The molecule has 2 aromatic rings. The number of carbonyl (C=O) groups is 3. The van der Waals surface area contributed by atoms with Gasteiger partial charge in [0.2, 0.25) is 5.91 Å². The Labute approximate surface area is 178 Å². The van der Waals surface area contributed by atoms with Gasteiger partial charge in [-0.3, -0.25) is 14.4 Å². The van der Waals surface area contributed by atoms with Gasteiger partial charge in [-0.05, 0) is 30.7 Å². The van der Waals surface area contributed by atoms with Crippen LogP contribution >= 0.6 is 0 Å². The second kappa shape index (κ2) is 9.45. The Hall–Kier alpha value is -2.63. The number of likely N-dealkylation sites (tertiary alicyclic amines) is 1. The molecule has 0 atom stereocenters. The molecule has 0 N–H and O–H groups in total. The maximum absolute atomic E-state index is 13.2. The minimum atomic E-state index is -0.500. The number of Topliss-reactive ketones (excluding diaryl/α,β-unsaturated/α-hetero) is 1. The average Bonchev–Trinajstić information content (AvgIpc) is 3.34. The predicted octanol–water partition coefficient (Wildman–Crippen LogP) is 3.59. The largest absolute Gasteiger partial charge is 0.341 e. The van der Waals surface area contributed by atoms with E-state index in [1.807, 2.05) is 61.4 Å². The lowest BCUT2D eigenvalue weighted by atomic mass is 10.1. The first-order valence-corrected chi connectivity index (χ1v) is 11.0. The summed E-state index contributed by atoms with van der Waals surface area (Å²) in [6.45, 7) is 11.0. The fourth-order valence-corrected chi connectivity index (χ4v) is 4.15. The quantitative estimate of drug-likeness (QED) is 0.493. The molecule has 0 saturated carbocycles. The van der Waals surface area contributed by atoms with Gasteiger partial charge < -0.3 is 14.4 Å². The van der Waals surface area contributed by atoms with Crippen LogP contribution in [0.15, 0.2) is 30.5 Å². The predicted molar refractivity (Wildman–Crippen MR) is 118 cm³/mol. The van der Waals surface area contributed by atoms with Gasteiger partial charge in [-0.15, -0.1) is 0 Å². The minimum absolute atomic E-state index is 0.0554. The number of carbonyl (C=O) groups excluding carboxylic acids is 3. The number of rotatable bonds is 8. The third-order valence-corrected chi connectivity index (χ3v) is 5.45. The lowest BCUT2D eigenvalue weighted by Gasteiger charge is -2.25. The van der Waals surface area contributed by atoms with Crippen LogP contribution in [0.3, 0.4) is 0 Å². The fraction of sp³-hybridized carbons (Fsp3) is 0.542. The Balaban J connectivity index is 1.89. The molecule has 2 heterocycles. The van der Waals surface area contributed by atoms with E-state index in [1.54, 1.807) is 11.1 Å². The minimum Gasteiger partial charge on any atom is -0.341 e. The van der Waals surface area contributed by atoms with Crippen molar-refractivity contribution in [1.29, 1.82) is 0 Å². The van der Waals surface area contributed by atoms with Gasteiger partial charge >= 0.3 is 0 Å². The Morgan fingerprint density at radius 1 is 0.967 bits per heavy atom. The zero-order valence-corrected chi connectivity index (χ0v) is 18.6. The molecular weight excluding hydrogens is 378 g/mol. The van der Waals surface area contributed by atoms with E-state index in [-0.39, 0.29) is 24.3 Å². The number of nitrogens with zero attached hydrogens (tertiary/aromatic N) is 3. The number of benzene rings is 1. The zero-order valence-electron chi connectivity index (χ0n) is 18.6. The zero-order chi connectivity index (χ0) is 21.8. The van der Waals surface area contributed by atoms with E-state index in [0.29, 0.717) is 18.7 Å². The number of amides is 2. The number of aromatic nitrogens is 1. The number of hydrogen-bond donors (Lipinski definition) is 0. The molecule has 0 radical (unpaired) electrons. The van der Waals surface area contributed by atoms with Gasteiger partial charge in [0.15, 0.2) is 0 Å². The summed E-state index contributed by atoms with van der Waals surface area (Å²) in [5.74, 6) is -0.356. The first kappa shape index (κ1) is 22.1. The number of ketones is 1. The number of fused-ring (bicyclic) bond motifs is 1. The van der Waals surface area contributed by atoms with Crippen LogP contribution in [0.25, 0.3) is 10.9 Å². The molecule has 6 heteroatoms. The Bertz CT molecular complexity index is 913. The number of hydrogen-bond acceptors (Lipinski definition) is 3. The maximum atomic E-state index is 13.2. The highest BCUT2D eigenvalue weighted by molar-refractivity contribution is 6.44. The molecule has 1 aliphatic heterocycles. The average molecular weight is 412 g/mol. The van der Waals surface area contributed by atoms with Gasteiger partial charge in [0.1, 0.15) is 6.54 Å². The molecule has 0 unspecified atom stereocenters. The van der Waals surface area contributed by atoms with Crippen LogP contribution < -0.4 is 0 Å². The van der Waals surface area contributed by atoms with Crippen LogP contribution in [-0.4, -0.2) is 58.1 Å². The van der Waals surface area contributed by atoms with Crippen LogP contribution in [-0.2, 0) is 16.1 Å². The van der Waals surface area contributed by atoms with E-state index in [4.69, 9.17) is 0 Å². The molecule has 2 amide bonds. The molecule has 162 valence electrons. The summed E-state index contributed by atoms with van der Waals surface area (Å²) >= 11 is 0. The fourth-order valence-electron chi connectivity index (χ4n) is 4.15. The maximum Gasteiger partial charge on any atom is 0.295 e. The molecule has 30 heavy (non-hydrogen) atoms. The van der Waals surface area contributed by atoms with Gasteiger partial charge in [-0.25, -0.2) is 0 Å². The second-order valence-electron chi connectivity index (χ2n) is 9.10. The van der Waals surface area contributed by atoms with Crippen LogP contribution in [0, 0.1) is 11.8 Å². The van der Waals surface area contributed by atoms with E-state index in [2.05, 4.69) is 0 Å². The molecule has 0 aliphatic carbocycles. The molecule has 0 bridgehead atoms. The van der Waals surface area contributed by atoms with Crippen LogP contribution in [0.2, 0.25) is 0 Å². The molecule has 6 nitrogen and oxygen atoms in total. The lowest BCUT2D eigenvalue weighted by molar-refractivity contribution is -0.130. The topological polar surface area (TPSA) is 62.6 Å². The molecule has 3 rings (SSSR count). The van der Waals surface area contributed by atoms with Crippen molar-refractivity contribution >= 4 is 28.5 Å². The van der Waals surface area contributed by atoms with Crippen molar-refractivity contribution in [2.24, 2.45) is 11.8 Å². The molecule has 0 spiro atoms. The van der Waals surface area contributed by atoms with Gasteiger partial charge in [-0.1, -0.05) is 45.9 Å². The van der Waals surface area contributed by atoms with E-state index in [0.717, 1.165) is 36.8 Å². The van der Waals surface area contributed by atoms with E-state index >= 15 is 0 Å².